The van der Waals surface area contributed by atoms with E-state index in [1.807, 2.05) is 29.5 Å². The Bertz CT molecular complexity index is 655. The number of nitrogens with zero attached hydrogens (tertiary/aromatic N) is 2. The van der Waals surface area contributed by atoms with Gasteiger partial charge in [0.25, 0.3) is 0 Å². The molecule has 0 unspecified atom stereocenters. The van der Waals surface area contributed by atoms with E-state index in [9.17, 15) is 0 Å². The van der Waals surface area contributed by atoms with Crippen molar-refractivity contribution in [3.8, 4) is 0 Å². The summed E-state index contributed by atoms with van der Waals surface area (Å²) in [7, 11) is 0. The van der Waals surface area contributed by atoms with Gasteiger partial charge in [-0.2, -0.15) is 0 Å². The lowest BCUT2D eigenvalue weighted by Crippen LogP contribution is -2.18. The number of thiophene rings is 1. The fraction of sp³-hybridized carbons (Fsp3) is 0.267. The first-order valence-electron chi connectivity index (χ1n) is 6.50. The minimum Gasteiger partial charge on any atom is -0.311 e. The predicted octanol–water partition coefficient (Wildman–Crippen LogP) is 3.04. The third kappa shape index (κ3) is 2.69. The largest absolute Gasteiger partial charge is 0.311 e. The normalized spacial score (nSPS) is 11.2. The maximum Gasteiger partial charge on any atom is 0.137 e. The van der Waals surface area contributed by atoms with E-state index in [1.165, 1.54) is 10.6 Å². The molecule has 0 atom stereocenters. The maximum atomic E-state index is 4.57. The van der Waals surface area contributed by atoms with Gasteiger partial charge in [-0.25, -0.2) is 4.98 Å². The number of aryl methyl sites for hydroxylation is 1. The van der Waals surface area contributed by atoms with Gasteiger partial charge in [-0.05, 0) is 36.9 Å². The number of nitrogens with one attached hydrogen (secondary N) is 1. The molecule has 19 heavy (non-hydrogen) atoms. The van der Waals surface area contributed by atoms with Crippen LogP contribution in [0.4, 0.5) is 0 Å². The van der Waals surface area contributed by atoms with Crippen molar-refractivity contribution in [1.82, 2.24) is 14.7 Å². The molecule has 0 amide bonds. The zero-order valence-corrected chi connectivity index (χ0v) is 11.8. The average Bonchev–Trinajstić information content (AvgIpc) is 3.02. The molecule has 3 aromatic rings. The molecule has 1 N–H and O–H groups in total. The van der Waals surface area contributed by atoms with Crippen molar-refractivity contribution < 1.29 is 0 Å². The van der Waals surface area contributed by atoms with Gasteiger partial charge in [0.05, 0.1) is 11.4 Å². The van der Waals surface area contributed by atoms with Gasteiger partial charge in [-0.15, -0.1) is 11.3 Å². The number of hydrogen-bond donors (Lipinski definition) is 1. The van der Waals surface area contributed by atoms with Crippen LogP contribution in [-0.2, 0) is 13.0 Å². The Morgan fingerprint density at radius 2 is 2.21 bits per heavy atom. The van der Waals surface area contributed by atoms with Gasteiger partial charge in [-0.1, -0.05) is 12.1 Å². The summed E-state index contributed by atoms with van der Waals surface area (Å²) in [5.74, 6) is 0. The molecule has 0 spiro atoms. The lowest BCUT2D eigenvalue weighted by Gasteiger charge is -2.05. The molecule has 0 aliphatic heterocycles. The number of hydrogen-bond acceptors (Lipinski definition) is 3. The summed E-state index contributed by atoms with van der Waals surface area (Å²) in [5.41, 5.74) is 3.38. The molecular weight excluding hydrogens is 254 g/mol. The lowest BCUT2D eigenvalue weighted by atomic mass is 10.3. The third-order valence-corrected chi connectivity index (χ3v) is 4.19. The lowest BCUT2D eigenvalue weighted by molar-refractivity contribution is 0.671. The molecule has 0 saturated carbocycles. The summed E-state index contributed by atoms with van der Waals surface area (Å²) in [6.07, 6.45) is 3.17. The predicted molar refractivity (Wildman–Crippen MR) is 79.7 cm³/mol. The van der Waals surface area contributed by atoms with E-state index in [0.29, 0.717) is 0 Å². The standard InChI is InChI=1S/C15H17N3S/c1-12-14(18-9-3-2-6-15(18)17-12)11-16-8-7-13-5-4-10-19-13/h2-6,9-10,16H,7-8,11H2,1H3. The van der Waals surface area contributed by atoms with Crippen molar-refractivity contribution in [3.63, 3.8) is 0 Å². The molecule has 3 heterocycles. The Balaban J connectivity index is 1.63. The molecule has 0 aliphatic rings. The van der Waals surface area contributed by atoms with Crippen LogP contribution >= 0.6 is 11.3 Å². The van der Waals surface area contributed by atoms with E-state index >= 15 is 0 Å². The zero-order valence-electron chi connectivity index (χ0n) is 11.0. The highest BCUT2D eigenvalue weighted by atomic mass is 32.1. The minimum atomic E-state index is 0.863. The highest BCUT2D eigenvalue weighted by Gasteiger charge is 2.06. The van der Waals surface area contributed by atoms with Crippen LogP contribution in [0, 0.1) is 6.92 Å². The van der Waals surface area contributed by atoms with Gasteiger partial charge in [0, 0.05) is 24.2 Å². The molecule has 3 rings (SSSR count). The minimum absolute atomic E-state index is 0.863. The Morgan fingerprint density at radius 1 is 1.26 bits per heavy atom. The van der Waals surface area contributed by atoms with E-state index in [1.54, 1.807) is 0 Å². The Labute approximate surface area is 116 Å². The topological polar surface area (TPSA) is 29.3 Å². The monoisotopic (exact) mass is 271 g/mol. The number of imidazole rings is 1. The van der Waals surface area contributed by atoms with Crippen molar-refractivity contribution in [2.45, 2.75) is 19.9 Å². The molecule has 98 valence electrons. The molecular formula is C15H17N3S. The van der Waals surface area contributed by atoms with E-state index in [-0.39, 0.29) is 0 Å². The van der Waals surface area contributed by atoms with Gasteiger partial charge < -0.3 is 9.72 Å². The maximum absolute atomic E-state index is 4.57. The SMILES string of the molecule is Cc1nc2ccccn2c1CNCCc1cccs1. The first-order valence-corrected chi connectivity index (χ1v) is 7.38. The highest BCUT2D eigenvalue weighted by Crippen LogP contribution is 2.12. The van der Waals surface area contributed by atoms with Crippen molar-refractivity contribution in [1.29, 1.82) is 0 Å². The molecule has 0 aliphatic carbocycles. The molecule has 0 aromatic carbocycles. The molecule has 0 fully saturated rings. The quantitative estimate of drug-likeness (QED) is 0.723. The summed E-state index contributed by atoms with van der Waals surface area (Å²) in [6.45, 7) is 3.94. The van der Waals surface area contributed by atoms with E-state index < -0.39 is 0 Å². The van der Waals surface area contributed by atoms with Gasteiger partial charge in [-0.3, -0.25) is 0 Å². The van der Waals surface area contributed by atoms with Gasteiger partial charge >= 0.3 is 0 Å². The molecule has 0 radical (unpaired) electrons. The number of fused-ring (bicyclic) bond motifs is 1. The summed E-state index contributed by atoms with van der Waals surface area (Å²) in [6, 6.07) is 10.4. The van der Waals surface area contributed by atoms with E-state index in [0.717, 1.165) is 30.9 Å². The molecule has 3 aromatic heterocycles. The van der Waals surface area contributed by atoms with Crippen molar-refractivity contribution in [2.75, 3.05) is 6.54 Å². The third-order valence-electron chi connectivity index (χ3n) is 3.25. The second-order valence-electron chi connectivity index (χ2n) is 4.58. The van der Waals surface area contributed by atoms with Crippen LogP contribution in [0.3, 0.4) is 0 Å². The fourth-order valence-electron chi connectivity index (χ4n) is 2.25. The van der Waals surface area contributed by atoms with Crippen LogP contribution in [0.25, 0.3) is 5.65 Å². The second kappa shape index (κ2) is 5.55. The average molecular weight is 271 g/mol. The first-order chi connectivity index (χ1) is 9.34. The molecule has 0 bridgehead atoms. The summed E-state index contributed by atoms with van der Waals surface area (Å²) < 4.78 is 2.16. The summed E-state index contributed by atoms with van der Waals surface area (Å²) in [4.78, 5) is 6.00. The Kier molecular flexibility index (Phi) is 3.62. The number of aromatic nitrogens is 2. The Hall–Kier alpha value is -1.65. The van der Waals surface area contributed by atoms with Gasteiger partial charge in [0.15, 0.2) is 0 Å². The fourth-order valence-corrected chi connectivity index (χ4v) is 2.96. The van der Waals surface area contributed by atoms with Gasteiger partial charge in [0.2, 0.25) is 0 Å². The van der Waals surface area contributed by atoms with Crippen molar-refractivity contribution in [3.05, 3.63) is 58.2 Å². The number of rotatable bonds is 5. The van der Waals surface area contributed by atoms with Crippen molar-refractivity contribution >= 4 is 17.0 Å². The molecule has 3 nitrogen and oxygen atoms in total. The van der Waals surface area contributed by atoms with Gasteiger partial charge in [0.1, 0.15) is 5.65 Å². The van der Waals surface area contributed by atoms with Crippen LogP contribution in [0.5, 0.6) is 0 Å². The van der Waals surface area contributed by atoms with Crippen LogP contribution in [-0.4, -0.2) is 15.9 Å². The molecule has 0 saturated heterocycles. The van der Waals surface area contributed by atoms with Crippen LogP contribution in [0.15, 0.2) is 41.9 Å². The van der Waals surface area contributed by atoms with Crippen LogP contribution < -0.4 is 5.32 Å². The van der Waals surface area contributed by atoms with Crippen LogP contribution in [0.1, 0.15) is 16.3 Å². The smallest absolute Gasteiger partial charge is 0.137 e. The Morgan fingerprint density at radius 3 is 3.05 bits per heavy atom. The van der Waals surface area contributed by atoms with E-state index in [2.05, 4.69) is 45.3 Å². The second-order valence-corrected chi connectivity index (χ2v) is 5.61. The zero-order chi connectivity index (χ0) is 13.1. The first kappa shape index (κ1) is 12.4. The highest BCUT2D eigenvalue weighted by molar-refractivity contribution is 7.09. The van der Waals surface area contributed by atoms with Crippen LogP contribution in [0.2, 0.25) is 0 Å². The summed E-state index contributed by atoms with van der Waals surface area (Å²) in [5, 5.41) is 5.63. The van der Waals surface area contributed by atoms with Crippen molar-refractivity contribution in [2.24, 2.45) is 0 Å². The number of pyridine rings is 1. The van der Waals surface area contributed by atoms with E-state index in [4.69, 9.17) is 0 Å². The molecule has 4 heteroatoms. The summed E-state index contributed by atoms with van der Waals surface area (Å²) >= 11 is 1.82.